The summed E-state index contributed by atoms with van der Waals surface area (Å²) in [6.45, 7) is 6.91. The van der Waals surface area contributed by atoms with E-state index in [9.17, 15) is 9.90 Å². The molecular formula is C24H27N3O3. The average Bonchev–Trinajstić information content (AvgIpc) is 3.24. The van der Waals surface area contributed by atoms with Crippen molar-refractivity contribution in [1.29, 1.82) is 0 Å². The molecule has 1 fully saturated rings. The van der Waals surface area contributed by atoms with Gasteiger partial charge in [-0.05, 0) is 55.8 Å². The minimum absolute atomic E-state index is 0.364. The molecule has 6 heteroatoms. The largest absolute Gasteiger partial charge is 0.492 e. The molecule has 2 aromatic rings. The van der Waals surface area contributed by atoms with Gasteiger partial charge in [-0.1, -0.05) is 48.5 Å². The van der Waals surface area contributed by atoms with E-state index in [1.807, 2.05) is 42.2 Å². The Hall–Kier alpha value is -3.25. The van der Waals surface area contributed by atoms with Crippen LogP contribution in [0.1, 0.15) is 25.3 Å². The number of aliphatic carboxylic acids is 1. The highest BCUT2D eigenvalue weighted by molar-refractivity contribution is 5.89. The molecule has 0 radical (unpaired) electrons. The van der Waals surface area contributed by atoms with Crippen molar-refractivity contribution in [2.45, 2.75) is 32.4 Å². The molecule has 0 spiro atoms. The molecule has 30 heavy (non-hydrogen) atoms. The molecule has 2 aromatic carbocycles. The summed E-state index contributed by atoms with van der Waals surface area (Å²) in [6.07, 6.45) is 3.12. The smallest absolute Gasteiger partial charge is 0.320 e. The molecule has 0 aromatic heterocycles. The van der Waals surface area contributed by atoms with Crippen LogP contribution >= 0.6 is 0 Å². The molecule has 0 aliphatic carbocycles. The summed E-state index contributed by atoms with van der Waals surface area (Å²) < 4.78 is 5.83. The van der Waals surface area contributed by atoms with Gasteiger partial charge < -0.3 is 9.84 Å². The highest BCUT2D eigenvalue weighted by atomic mass is 16.5. The third-order valence-corrected chi connectivity index (χ3v) is 5.07. The number of ether oxygens (including phenoxy) is 1. The van der Waals surface area contributed by atoms with E-state index in [1.165, 1.54) is 5.56 Å². The molecule has 0 bridgehead atoms. The number of hydrogen-bond acceptors (Lipinski definition) is 4. The van der Waals surface area contributed by atoms with Gasteiger partial charge in [0.25, 0.3) is 0 Å². The summed E-state index contributed by atoms with van der Waals surface area (Å²) in [7, 11) is 0. The van der Waals surface area contributed by atoms with Crippen LogP contribution in [0.3, 0.4) is 0 Å². The van der Waals surface area contributed by atoms with Gasteiger partial charge in [0, 0.05) is 0 Å². The number of nitrogens with zero attached hydrogens (tertiary/aromatic N) is 3. The van der Waals surface area contributed by atoms with Crippen LogP contribution in [0.2, 0.25) is 0 Å². The first-order chi connectivity index (χ1) is 14.6. The van der Waals surface area contributed by atoms with Crippen LogP contribution in [0, 0.1) is 0 Å². The lowest BCUT2D eigenvalue weighted by Gasteiger charge is -2.20. The molecule has 1 heterocycles. The molecular weight excluding hydrogens is 378 g/mol. The van der Waals surface area contributed by atoms with E-state index < -0.39 is 12.0 Å². The highest BCUT2D eigenvalue weighted by Gasteiger charge is 2.30. The summed E-state index contributed by atoms with van der Waals surface area (Å²) in [6, 6.07) is 18.0. The third kappa shape index (κ3) is 5.87. The van der Waals surface area contributed by atoms with Crippen molar-refractivity contribution in [2.75, 3.05) is 13.1 Å². The fourth-order valence-corrected chi connectivity index (χ4v) is 3.48. The molecule has 1 unspecified atom stereocenters. The summed E-state index contributed by atoms with van der Waals surface area (Å²) in [5.41, 5.74) is 3.38. The predicted octanol–water partition coefficient (Wildman–Crippen LogP) is 4.38. The lowest BCUT2D eigenvalue weighted by atomic mass is 10.0. The number of rotatable bonds is 8. The van der Waals surface area contributed by atoms with Gasteiger partial charge in [0.15, 0.2) is 0 Å². The SMILES string of the molecule is C=NC(CN1CCCC1C(=O)O)=N/C=C(\C)OCc1cccc(-c2ccccc2)c1. The Balaban J connectivity index is 1.59. The van der Waals surface area contributed by atoms with Gasteiger partial charge in [0.1, 0.15) is 24.2 Å². The van der Waals surface area contributed by atoms with E-state index in [1.54, 1.807) is 6.20 Å². The number of hydrogen-bond donors (Lipinski definition) is 1. The molecule has 1 atom stereocenters. The fourth-order valence-electron chi connectivity index (χ4n) is 3.48. The standard InChI is InChI=1S/C24H27N3O3/c1-18(15-26-23(25-2)16-27-13-7-12-22(27)24(28)29)30-17-19-8-6-11-21(14-19)20-9-4-3-5-10-20/h3-6,8-11,14-15,22H,2,7,12-13,16-17H2,1H3,(H,28,29)/b18-15+,26-23?. The molecule has 3 rings (SSSR count). The zero-order chi connectivity index (χ0) is 21.3. The second-order valence-corrected chi connectivity index (χ2v) is 7.27. The van der Waals surface area contributed by atoms with E-state index in [2.05, 4.69) is 41.0 Å². The van der Waals surface area contributed by atoms with Gasteiger partial charge in [-0.2, -0.15) is 0 Å². The Morgan fingerprint density at radius 2 is 2.00 bits per heavy atom. The van der Waals surface area contributed by atoms with E-state index in [0.717, 1.165) is 24.1 Å². The Morgan fingerprint density at radius 1 is 1.23 bits per heavy atom. The quantitative estimate of drug-likeness (QED) is 0.402. The van der Waals surface area contributed by atoms with Crippen LogP contribution in [-0.4, -0.2) is 47.7 Å². The predicted molar refractivity (Wildman–Crippen MR) is 120 cm³/mol. The van der Waals surface area contributed by atoms with Crippen molar-refractivity contribution in [3.05, 3.63) is 72.1 Å². The van der Waals surface area contributed by atoms with Gasteiger partial charge in [0.05, 0.1) is 12.7 Å². The molecule has 0 saturated carbocycles. The van der Waals surface area contributed by atoms with Crippen LogP contribution in [0.25, 0.3) is 11.1 Å². The normalized spacial score (nSPS) is 17.7. The van der Waals surface area contributed by atoms with Gasteiger partial charge >= 0.3 is 5.97 Å². The van der Waals surface area contributed by atoms with Gasteiger partial charge in [-0.3, -0.25) is 9.69 Å². The van der Waals surface area contributed by atoms with Crippen molar-refractivity contribution >= 4 is 18.5 Å². The third-order valence-electron chi connectivity index (χ3n) is 5.07. The zero-order valence-corrected chi connectivity index (χ0v) is 17.2. The summed E-state index contributed by atoms with van der Waals surface area (Å²) >= 11 is 0. The van der Waals surface area contributed by atoms with Gasteiger partial charge in [0.2, 0.25) is 0 Å². The topological polar surface area (TPSA) is 74.5 Å². The summed E-state index contributed by atoms with van der Waals surface area (Å²) in [4.78, 5) is 21.5. The second-order valence-electron chi connectivity index (χ2n) is 7.27. The molecule has 1 aliphatic heterocycles. The van der Waals surface area contributed by atoms with E-state index >= 15 is 0 Å². The number of amidine groups is 1. The first kappa shape index (κ1) is 21.5. The van der Waals surface area contributed by atoms with Crippen molar-refractivity contribution in [3.8, 4) is 11.1 Å². The zero-order valence-electron chi connectivity index (χ0n) is 17.2. The number of aliphatic imine (C=N–C) groups is 2. The number of benzene rings is 2. The van der Waals surface area contributed by atoms with E-state index in [4.69, 9.17) is 4.74 Å². The van der Waals surface area contributed by atoms with Crippen LogP contribution in [0.5, 0.6) is 0 Å². The Bertz CT molecular complexity index is 938. The van der Waals surface area contributed by atoms with Crippen molar-refractivity contribution < 1.29 is 14.6 Å². The summed E-state index contributed by atoms with van der Waals surface area (Å²) in [5, 5.41) is 9.30. The number of carboxylic acids is 1. The highest BCUT2D eigenvalue weighted by Crippen LogP contribution is 2.21. The molecule has 0 amide bonds. The number of likely N-dealkylation sites (tertiary alicyclic amines) is 1. The van der Waals surface area contributed by atoms with Gasteiger partial charge in [-0.15, -0.1) is 0 Å². The first-order valence-electron chi connectivity index (χ1n) is 10.0. The minimum Gasteiger partial charge on any atom is -0.492 e. The molecule has 6 nitrogen and oxygen atoms in total. The van der Waals surface area contributed by atoms with Crippen molar-refractivity contribution in [1.82, 2.24) is 4.90 Å². The van der Waals surface area contributed by atoms with Crippen LogP contribution in [0.15, 0.2) is 76.5 Å². The minimum atomic E-state index is -0.802. The lowest BCUT2D eigenvalue weighted by Crippen LogP contribution is -2.38. The van der Waals surface area contributed by atoms with Crippen molar-refractivity contribution in [3.63, 3.8) is 0 Å². The number of allylic oxidation sites excluding steroid dienone is 1. The van der Waals surface area contributed by atoms with E-state index in [0.29, 0.717) is 31.2 Å². The van der Waals surface area contributed by atoms with Crippen LogP contribution in [0.4, 0.5) is 0 Å². The van der Waals surface area contributed by atoms with Crippen LogP contribution < -0.4 is 0 Å². The Labute approximate surface area is 177 Å². The number of carboxylic acid groups (broad SMARTS) is 1. The maximum Gasteiger partial charge on any atom is 0.320 e. The maximum atomic E-state index is 11.3. The Kier molecular flexibility index (Phi) is 7.51. The van der Waals surface area contributed by atoms with Crippen LogP contribution in [-0.2, 0) is 16.1 Å². The second kappa shape index (κ2) is 10.5. The molecule has 1 saturated heterocycles. The van der Waals surface area contributed by atoms with E-state index in [-0.39, 0.29) is 0 Å². The average molecular weight is 405 g/mol. The molecule has 156 valence electrons. The molecule has 1 aliphatic rings. The number of carbonyl (C=O) groups is 1. The lowest BCUT2D eigenvalue weighted by molar-refractivity contribution is -0.141. The fraction of sp³-hybridized carbons (Fsp3) is 0.292. The van der Waals surface area contributed by atoms with Crippen molar-refractivity contribution in [2.24, 2.45) is 9.98 Å². The maximum absolute atomic E-state index is 11.3. The summed E-state index contributed by atoms with van der Waals surface area (Å²) in [5.74, 6) is 0.332. The molecule has 1 N–H and O–H groups in total. The Morgan fingerprint density at radius 3 is 2.73 bits per heavy atom. The first-order valence-corrected chi connectivity index (χ1v) is 10.0. The van der Waals surface area contributed by atoms with Gasteiger partial charge in [-0.25, -0.2) is 9.98 Å². The monoisotopic (exact) mass is 405 g/mol.